The molecule has 0 N–H and O–H groups in total. The Morgan fingerprint density at radius 3 is 2.57 bits per heavy atom. The van der Waals surface area contributed by atoms with E-state index in [1.807, 2.05) is 12.1 Å². The fraction of sp³-hybridized carbons (Fsp3) is 0.333. The van der Waals surface area contributed by atoms with E-state index in [1.54, 1.807) is 0 Å². The van der Waals surface area contributed by atoms with Gasteiger partial charge in [0, 0.05) is 28.7 Å². The van der Waals surface area contributed by atoms with Gasteiger partial charge in [0.05, 0.1) is 0 Å². The van der Waals surface area contributed by atoms with E-state index in [-0.39, 0.29) is 0 Å². The molecule has 2 heteroatoms. The van der Waals surface area contributed by atoms with Crippen molar-refractivity contribution in [1.29, 1.82) is 0 Å². The van der Waals surface area contributed by atoms with Gasteiger partial charge in [0.1, 0.15) is 0 Å². The fourth-order valence-electron chi connectivity index (χ4n) is 1.90. The van der Waals surface area contributed by atoms with E-state index >= 15 is 0 Å². The van der Waals surface area contributed by atoms with Gasteiger partial charge in [-0.15, -0.1) is 0 Å². The molecule has 0 aliphatic heterocycles. The highest BCUT2D eigenvalue weighted by Crippen LogP contribution is 2.26. The summed E-state index contributed by atoms with van der Waals surface area (Å²) in [6, 6.07) is 8.24. The van der Waals surface area contributed by atoms with Crippen molar-refractivity contribution in [2.75, 3.05) is 0 Å². The van der Waals surface area contributed by atoms with Gasteiger partial charge in [-0.25, -0.2) is 0 Å². The molecule has 2 aromatic rings. The summed E-state index contributed by atoms with van der Waals surface area (Å²) in [7, 11) is 2.10. The van der Waals surface area contributed by atoms with Crippen molar-refractivity contribution >= 4 is 22.5 Å². The number of benzene rings is 1. The zero-order valence-corrected chi connectivity index (χ0v) is 9.47. The summed E-state index contributed by atoms with van der Waals surface area (Å²) < 4.78 is 2.23. The van der Waals surface area contributed by atoms with E-state index in [4.69, 9.17) is 11.6 Å². The summed E-state index contributed by atoms with van der Waals surface area (Å²) in [6.07, 6.45) is 0. The Morgan fingerprint density at radius 2 is 1.93 bits per heavy atom. The van der Waals surface area contributed by atoms with E-state index in [2.05, 4.69) is 37.6 Å². The molecule has 0 unspecified atom stereocenters. The molecular formula is C12H14ClN. The fourth-order valence-corrected chi connectivity index (χ4v) is 2.08. The smallest absolute Gasteiger partial charge is 0.0481 e. The van der Waals surface area contributed by atoms with Gasteiger partial charge >= 0.3 is 0 Å². The average Bonchev–Trinajstić information content (AvgIpc) is 2.43. The van der Waals surface area contributed by atoms with Crippen LogP contribution < -0.4 is 0 Å². The Labute approximate surface area is 89.3 Å². The molecule has 0 saturated heterocycles. The number of fused-ring (bicyclic) bond motifs is 1. The van der Waals surface area contributed by atoms with Crippen LogP contribution in [0.1, 0.15) is 25.5 Å². The molecule has 0 fully saturated rings. The number of rotatable bonds is 1. The first-order valence-corrected chi connectivity index (χ1v) is 5.22. The molecule has 0 radical (unpaired) electrons. The van der Waals surface area contributed by atoms with Crippen LogP contribution in [0.25, 0.3) is 10.9 Å². The van der Waals surface area contributed by atoms with Crippen molar-refractivity contribution in [1.82, 2.24) is 4.57 Å². The molecular weight excluding hydrogens is 194 g/mol. The largest absolute Gasteiger partial charge is 0.347 e. The molecule has 2 rings (SSSR count). The molecule has 1 aromatic heterocycles. The molecule has 14 heavy (non-hydrogen) atoms. The van der Waals surface area contributed by atoms with Crippen molar-refractivity contribution in [2.45, 2.75) is 19.8 Å². The van der Waals surface area contributed by atoms with Crippen LogP contribution in [0.5, 0.6) is 0 Å². The minimum atomic E-state index is 0.547. The van der Waals surface area contributed by atoms with Crippen molar-refractivity contribution in [2.24, 2.45) is 7.05 Å². The molecule has 1 heterocycles. The lowest BCUT2D eigenvalue weighted by atomic mass is 10.1. The normalized spacial score (nSPS) is 11.5. The van der Waals surface area contributed by atoms with Crippen molar-refractivity contribution in [3.8, 4) is 0 Å². The average molecular weight is 208 g/mol. The number of nitrogens with zero attached hydrogens (tertiary/aromatic N) is 1. The Kier molecular flexibility index (Phi) is 2.28. The van der Waals surface area contributed by atoms with E-state index < -0.39 is 0 Å². The second kappa shape index (κ2) is 3.32. The van der Waals surface area contributed by atoms with Gasteiger partial charge in [0.2, 0.25) is 0 Å². The summed E-state index contributed by atoms with van der Waals surface area (Å²) in [5.74, 6) is 0.547. The topological polar surface area (TPSA) is 4.93 Å². The predicted octanol–water partition coefficient (Wildman–Crippen LogP) is 3.96. The molecule has 0 saturated carbocycles. The lowest BCUT2D eigenvalue weighted by Gasteiger charge is -2.06. The zero-order chi connectivity index (χ0) is 10.3. The minimum Gasteiger partial charge on any atom is -0.347 e. The lowest BCUT2D eigenvalue weighted by Crippen LogP contribution is -1.97. The van der Waals surface area contributed by atoms with Gasteiger partial charge in [-0.3, -0.25) is 0 Å². The molecule has 1 nitrogen and oxygen atoms in total. The summed E-state index contributed by atoms with van der Waals surface area (Å²) in [5, 5.41) is 2.03. The van der Waals surface area contributed by atoms with Crippen LogP contribution in [0, 0.1) is 0 Å². The first-order valence-electron chi connectivity index (χ1n) is 4.84. The molecule has 0 spiro atoms. The van der Waals surface area contributed by atoms with Crippen LogP contribution in [0.4, 0.5) is 0 Å². The second-order valence-corrected chi connectivity index (χ2v) is 4.42. The van der Waals surface area contributed by atoms with E-state index in [1.165, 1.54) is 16.6 Å². The first kappa shape index (κ1) is 9.60. The third-order valence-corrected chi connectivity index (χ3v) is 2.87. The summed E-state index contributed by atoms with van der Waals surface area (Å²) >= 11 is 5.95. The molecule has 74 valence electrons. The van der Waals surface area contributed by atoms with Crippen molar-refractivity contribution < 1.29 is 0 Å². The predicted molar refractivity (Wildman–Crippen MR) is 62.0 cm³/mol. The van der Waals surface area contributed by atoms with Crippen molar-refractivity contribution in [3.05, 3.63) is 35.0 Å². The molecule has 0 amide bonds. The maximum atomic E-state index is 5.95. The highest BCUT2D eigenvalue weighted by atomic mass is 35.5. The molecule has 0 atom stereocenters. The molecule has 1 aromatic carbocycles. The third kappa shape index (κ3) is 1.42. The minimum absolute atomic E-state index is 0.547. The number of hydrogen-bond acceptors (Lipinski definition) is 0. The Hall–Kier alpha value is -0.950. The van der Waals surface area contributed by atoms with Crippen LogP contribution in [-0.2, 0) is 7.05 Å². The van der Waals surface area contributed by atoms with Crippen molar-refractivity contribution in [3.63, 3.8) is 0 Å². The standard InChI is InChI=1S/C12H14ClN/c1-8(2)12-7-9-6-10(13)4-5-11(9)14(12)3/h4-8H,1-3H3. The van der Waals surface area contributed by atoms with Gasteiger partial charge < -0.3 is 4.57 Å². The lowest BCUT2D eigenvalue weighted by molar-refractivity contribution is 0.755. The first-order chi connectivity index (χ1) is 6.59. The monoisotopic (exact) mass is 207 g/mol. The maximum absolute atomic E-state index is 5.95. The highest BCUT2D eigenvalue weighted by molar-refractivity contribution is 6.31. The Balaban J connectivity index is 2.73. The number of hydrogen-bond donors (Lipinski definition) is 0. The van der Waals surface area contributed by atoms with E-state index in [9.17, 15) is 0 Å². The van der Waals surface area contributed by atoms with Gasteiger partial charge in [-0.05, 0) is 30.2 Å². The van der Waals surface area contributed by atoms with Crippen LogP contribution >= 0.6 is 11.6 Å². The van der Waals surface area contributed by atoms with Crippen LogP contribution in [-0.4, -0.2) is 4.57 Å². The van der Waals surface area contributed by atoms with Gasteiger partial charge in [0.25, 0.3) is 0 Å². The van der Waals surface area contributed by atoms with Gasteiger partial charge in [0.15, 0.2) is 0 Å². The number of halogens is 1. The summed E-state index contributed by atoms with van der Waals surface area (Å²) in [4.78, 5) is 0. The van der Waals surface area contributed by atoms with Gasteiger partial charge in [-0.1, -0.05) is 25.4 Å². The summed E-state index contributed by atoms with van der Waals surface area (Å²) in [6.45, 7) is 4.41. The number of aromatic nitrogens is 1. The Bertz CT molecular complexity index is 468. The number of aryl methyl sites for hydroxylation is 1. The van der Waals surface area contributed by atoms with E-state index in [0.717, 1.165) is 5.02 Å². The molecule has 0 bridgehead atoms. The van der Waals surface area contributed by atoms with Crippen LogP contribution in [0.2, 0.25) is 5.02 Å². The quantitative estimate of drug-likeness (QED) is 0.667. The SMILES string of the molecule is CC(C)c1cc2cc(Cl)ccc2n1C. The highest BCUT2D eigenvalue weighted by Gasteiger charge is 2.08. The summed E-state index contributed by atoms with van der Waals surface area (Å²) in [5.41, 5.74) is 2.60. The van der Waals surface area contributed by atoms with Crippen LogP contribution in [0.3, 0.4) is 0 Å². The third-order valence-electron chi connectivity index (χ3n) is 2.63. The van der Waals surface area contributed by atoms with Crippen LogP contribution in [0.15, 0.2) is 24.3 Å². The maximum Gasteiger partial charge on any atom is 0.0481 e. The van der Waals surface area contributed by atoms with E-state index in [0.29, 0.717) is 5.92 Å². The van der Waals surface area contributed by atoms with Gasteiger partial charge in [-0.2, -0.15) is 0 Å². The zero-order valence-electron chi connectivity index (χ0n) is 8.71. The Morgan fingerprint density at radius 1 is 1.21 bits per heavy atom. The molecule has 0 aliphatic rings. The second-order valence-electron chi connectivity index (χ2n) is 3.99. The molecule has 0 aliphatic carbocycles.